The second-order valence-electron chi connectivity index (χ2n) is 6.19. The number of carbonyl (C=O) groups is 1. The summed E-state index contributed by atoms with van der Waals surface area (Å²) in [4.78, 5) is 14.6. The molecule has 20 heavy (non-hydrogen) atoms. The highest BCUT2D eigenvalue weighted by Crippen LogP contribution is 2.37. The molecule has 1 unspecified atom stereocenters. The van der Waals surface area contributed by atoms with Gasteiger partial charge >= 0.3 is 0 Å². The molecule has 3 rings (SSSR count). The maximum absolute atomic E-state index is 12.5. The van der Waals surface area contributed by atoms with Gasteiger partial charge in [-0.25, -0.2) is 0 Å². The van der Waals surface area contributed by atoms with Gasteiger partial charge in [0.15, 0.2) is 0 Å². The highest BCUT2D eigenvalue weighted by atomic mass is 16.2. The SMILES string of the molecule is Nc1ccccc1CCC(=O)N1CCCC1C1CCC1. The standard InChI is InChI=1S/C17H24N2O/c18-15-8-2-1-5-13(15)10-11-17(20)19-12-4-9-16(19)14-6-3-7-14/h1-2,5,8,14,16H,3-4,6-7,9-12,18H2. The van der Waals surface area contributed by atoms with Crippen LogP contribution in [0.5, 0.6) is 0 Å². The molecule has 0 radical (unpaired) electrons. The van der Waals surface area contributed by atoms with E-state index in [-0.39, 0.29) is 0 Å². The van der Waals surface area contributed by atoms with E-state index in [1.165, 1.54) is 32.1 Å². The third kappa shape index (κ3) is 2.67. The molecule has 1 aliphatic carbocycles. The van der Waals surface area contributed by atoms with Crippen molar-refractivity contribution in [2.45, 2.75) is 51.0 Å². The minimum atomic E-state index is 0.322. The monoisotopic (exact) mass is 272 g/mol. The molecule has 1 aliphatic heterocycles. The zero-order valence-corrected chi connectivity index (χ0v) is 12.1. The number of rotatable bonds is 4. The summed E-state index contributed by atoms with van der Waals surface area (Å²) in [6.45, 7) is 0.963. The molecule has 0 bridgehead atoms. The van der Waals surface area contributed by atoms with Crippen LogP contribution in [0.25, 0.3) is 0 Å². The summed E-state index contributed by atoms with van der Waals surface area (Å²) in [5, 5.41) is 0. The van der Waals surface area contributed by atoms with Crippen molar-refractivity contribution in [1.29, 1.82) is 0 Å². The first-order valence-corrected chi connectivity index (χ1v) is 7.88. The van der Waals surface area contributed by atoms with Crippen molar-refractivity contribution >= 4 is 11.6 Å². The summed E-state index contributed by atoms with van der Waals surface area (Å²) in [7, 11) is 0. The van der Waals surface area contributed by atoms with E-state index in [9.17, 15) is 4.79 Å². The number of para-hydroxylation sites is 1. The summed E-state index contributed by atoms with van der Waals surface area (Å²) in [6.07, 6.45) is 7.74. The Morgan fingerprint density at radius 3 is 2.70 bits per heavy atom. The molecular weight excluding hydrogens is 248 g/mol. The molecule has 1 aromatic rings. The number of amides is 1. The molecule has 3 nitrogen and oxygen atoms in total. The lowest BCUT2D eigenvalue weighted by Gasteiger charge is -2.37. The van der Waals surface area contributed by atoms with Crippen LogP contribution in [-0.4, -0.2) is 23.4 Å². The van der Waals surface area contributed by atoms with Crippen molar-refractivity contribution in [2.75, 3.05) is 12.3 Å². The van der Waals surface area contributed by atoms with Crippen LogP contribution in [0, 0.1) is 5.92 Å². The lowest BCUT2D eigenvalue weighted by molar-refractivity contribution is -0.133. The van der Waals surface area contributed by atoms with Gasteiger partial charge in [-0.15, -0.1) is 0 Å². The second kappa shape index (κ2) is 5.86. The van der Waals surface area contributed by atoms with Crippen LogP contribution in [0.4, 0.5) is 5.69 Å². The van der Waals surface area contributed by atoms with E-state index >= 15 is 0 Å². The minimum absolute atomic E-state index is 0.322. The summed E-state index contributed by atoms with van der Waals surface area (Å²) < 4.78 is 0. The van der Waals surface area contributed by atoms with E-state index in [0.29, 0.717) is 18.4 Å². The Kier molecular flexibility index (Phi) is 3.95. The summed E-state index contributed by atoms with van der Waals surface area (Å²) in [5.41, 5.74) is 7.84. The highest BCUT2D eigenvalue weighted by Gasteiger charge is 2.36. The summed E-state index contributed by atoms with van der Waals surface area (Å²) >= 11 is 0. The number of aryl methyl sites for hydroxylation is 1. The van der Waals surface area contributed by atoms with E-state index in [4.69, 9.17) is 5.73 Å². The first-order valence-electron chi connectivity index (χ1n) is 7.88. The first-order chi connectivity index (χ1) is 9.75. The third-order valence-corrected chi connectivity index (χ3v) is 4.98. The lowest BCUT2D eigenvalue weighted by atomic mass is 9.78. The first kappa shape index (κ1) is 13.5. The van der Waals surface area contributed by atoms with Crippen LogP contribution in [0.3, 0.4) is 0 Å². The van der Waals surface area contributed by atoms with Crippen LogP contribution in [-0.2, 0) is 11.2 Å². The van der Waals surface area contributed by atoms with Gasteiger partial charge < -0.3 is 10.6 Å². The van der Waals surface area contributed by atoms with E-state index < -0.39 is 0 Å². The van der Waals surface area contributed by atoms with Crippen LogP contribution in [0.2, 0.25) is 0 Å². The van der Waals surface area contributed by atoms with E-state index in [2.05, 4.69) is 4.90 Å². The van der Waals surface area contributed by atoms with Crippen molar-refractivity contribution in [3.05, 3.63) is 29.8 Å². The third-order valence-electron chi connectivity index (χ3n) is 4.98. The van der Waals surface area contributed by atoms with E-state index in [1.54, 1.807) is 0 Å². The Balaban J connectivity index is 1.57. The molecule has 1 aromatic carbocycles. The Hall–Kier alpha value is -1.51. The van der Waals surface area contributed by atoms with Gasteiger partial charge in [-0.3, -0.25) is 4.79 Å². The molecule has 1 saturated carbocycles. The number of likely N-dealkylation sites (tertiary alicyclic amines) is 1. The lowest BCUT2D eigenvalue weighted by Crippen LogP contribution is -2.42. The van der Waals surface area contributed by atoms with Crippen LogP contribution in [0.1, 0.15) is 44.1 Å². The predicted molar refractivity (Wildman–Crippen MR) is 81.3 cm³/mol. The number of carbonyl (C=O) groups excluding carboxylic acids is 1. The average Bonchev–Trinajstić information content (AvgIpc) is 2.84. The largest absolute Gasteiger partial charge is 0.399 e. The molecule has 1 amide bonds. The molecule has 2 aliphatic rings. The zero-order chi connectivity index (χ0) is 13.9. The minimum Gasteiger partial charge on any atom is -0.399 e. The Labute approximate surface area is 121 Å². The van der Waals surface area contributed by atoms with Crippen molar-refractivity contribution < 1.29 is 4.79 Å². The average molecular weight is 272 g/mol. The van der Waals surface area contributed by atoms with E-state index in [0.717, 1.165) is 30.1 Å². The maximum atomic E-state index is 12.5. The van der Waals surface area contributed by atoms with Gasteiger partial charge in [0.25, 0.3) is 0 Å². The van der Waals surface area contributed by atoms with Gasteiger partial charge in [0.05, 0.1) is 0 Å². The van der Waals surface area contributed by atoms with Crippen LogP contribution >= 0.6 is 0 Å². The molecule has 1 atom stereocenters. The predicted octanol–water partition coefficient (Wildman–Crippen LogP) is 2.99. The van der Waals surface area contributed by atoms with Crippen LogP contribution in [0.15, 0.2) is 24.3 Å². The van der Waals surface area contributed by atoms with Crippen molar-refractivity contribution in [3.8, 4) is 0 Å². The number of benzene rings is 1. The Morgan fingerprint density at radius 1 is 1.20 bits per heavy atom. The van der Waals surface area contributed by atoms with Crippen LogP contribution < -0.4 is 5.73 Å². The van der Waals surface area contributed by atoms with E-state index in [1.807, 2.05) is 24.3 Å². The fourth-order valence-corrected chi connectivity index (χ4v) is 3.56. The quantitative estimate of drug-likeness (QED) is 0.856. The maximum Gasteiger partial charge on any atom is 0.223 e. The highest BCUT2D eigenvalue weighted by molar-refractivity contribution is 5.77. The Morgan fingerprint density at radius 2 is 2.00 bits per heavy atom. The van der Waals surface area contributed by atoms with Gasteiger partial charge in [0.1, 0.15) is 0 Å². The molecule has 108 valence electrons. The molecule has 2 fully saturated rings. The number of nitrogen functional groups attached to an aromatic ring is 1. The van der Waals surface area contributed by atoms with Gasteiger partial charge in [-0.2, -0.15) is 0 Å². The van der Waals surface area contributed by atoms with Crippen molar-refractivity contribution in [3.63, 3.8) is 0 Å². The molecule has 0 aromatic heterocycles. The number of hydrogen-bond donors (Lipinski definition) is 1. The van der Waals surface area contributed by atoms with Crippen molar-refractivity contribution in [1.82, 2.24) is 4.90 Å². The van der Waals surface area contributed by atoms with Gasteiger partial charge in [0, 0.05) is 24.7 Å². The molecule has 0 spiro atoms. The normalized spacial score (nSPS) is 22.8. The summed E-state index contributed by atoms with van der Waals surface area (Å²) in [6, 6.07) is 8.39. The fourth-order valence-electron chi connectivity index (χ4n) is 3.56. The second-order valence-corrected chi connectivity index (χ2v) is 6.19. The van der Waals surface area contributed by atoms with Gasteiger partial charge in [0.2, 0.25) is 5.91 Å². The van der Waals surface area contributed by atoms with Crippen molar-refractivity contribution in [2.24, 2.45) is 5.92 Å². The smallest absolute Gasteiger partial charge is 0.223 e. The number of nitrogens with zero attached hydrogens (tertiary/aromatic N) is 1. The molecule has 2 N–H and O–H groups in total. The zero-order valence-electron chi connectivity index (χ0n) is 12.1. The number of anilines is 1. The molecular formula is C17H24N2O. The molecule has 3 heteroatoms. The number of nitrogens with two attached hydrogens (primary N) is 1. The summed E-state index contributed by atoms with van der Waals surface area (Å²) in [5.74, 6) is 1.10. The Bertz CT molecular complexity index is 482. The van der Waals surface area contributed by atoms with Gasteiger partial charge in [-0.1, -0.05) is 24.6 Å². The molecule has 1 heterocycles. The topological polar surface area (TPSA) is 46.3 Å². The molecule has 1 saturated heterocycles. The fraction of sp³-hybridized carbons (Fsp3) is 0.588. The number of hydrogen-bond acceptors (Lipinski definition) is 2. The van der Waals surface area contributed by atoms with Gasteiger partial charge in [-0.05, 0) is 49.7 Å².